The lowest BCUT2D eigenvalue weighted by Gasteiger charge is -2.58. The van der Waals surface area contributed by atoms with Crippen LogP contribution in [0.2, 0.25) is 0 Å². The number of carbonyl (C=O) groups is 2. The van der Waals surface area contributed by atoms with Gasteiger partial charge in [-0.05, 0) is 80.8 Å². The summed E-state index contributed by atoms with van der Waals surface area (Å²) in [7, 11) is 0. The van der Waals surface area contributed by atoms with Gasteiger partial charge in [-0.3, -0.25) is 9.59 Å². The first kappa shape index (κ1) is 16.3. The van der Waals surface area contributed by atoms with E-state index in [0.717, 1.165) is 19.3 Å². The number of carbonyl (C=O) groups excluding carboxylic acids is 2. The molecule has 6 atom stereocenters. The monoisotopic (exact) mass is 326 g/mol. The molecule has 0 saturated heterocycles. The van der Waals surface area contributed by atoms with Crippen molar-refractivity contribution in [2.75, 3.05) is 0 Å². The quantitative estimate of drug-likeness (QED) is 0.687. The Morgan fingerprint density at radius 2 is 1.79 bits per heavy atom. The number of fused-ring (bicyclic) bond motifs is 5. The van der Waals surface area contributed by atoms with Crippen LogP contribution in [0.25, 0.3) is 0 Å². The lowest BCUT2D eigenvalue weighted by atomic mass is 9.46. The maximum Gasteiger partial charge on any atom is 0.178 e. The molecule has 4 rings (SSSR count). The van der Waals surface area contributed by atoms with Crippen molar-refractivity contribution >= 4 is 11.6 Å². The van der Waals surface area contributed by atoms with Gasteiger partial charge < -0.3 is 0 Å². The molecule has 130 valence electrons. The summed E-state index contributed by atoms with van der Waals surface area (Å²) in [5.41, 5.74) is 1.43. The van der Waals surface area contributed by atoms with E-state index in [1.54, 1.807) is 13.0 Å². The highest BCUT2D eigenvalue weighted by atomic mass is 16.1. The molecule has 0 aromatic heterocycles. The highest BCUT2D eigenvalue weighted by Crippen LogP contribution is 2.69. The maximum absolute atomic E-state index is 12.5. The Kier molecular flexibility index (Phi) is 3.34. The summed E-state index contributed by atoms with van der Waals surface area (Å²) in [6.07, 6.45) is 12.7. The number of hydrogen-bond acceptors (Lipinski definition) is 2. The molecule has 2 heteroatoms. The van der Waals surface area contributed by atoms with Gasteiger partial charge in [0.05, 0.1) is 0 Å². The Balaban J connectivity index is 1.71. The van der Waals surface area contributed by atoms with Crippen molar-refractivity contribution in [2.45, 2.75) is 66.2 Å². The Labute approximate surface area is 145 Å². The molecule has 0 heterocycles. The van der Waals surface area contributed by atoms with Crippen LogP contribution in [-0.2, 0) is 9.59 Å². The van der Waals surface area contributed by atoms with Crippen LogP contribution >= 0.6 is 0 Å². The third kappa shape index (κ3) is 1.83. The normalized spacial score (nSPS) is 49.9. The van der Waals surface area contributed by atoms with Crippen molar-refractivity contribution in [3.63, 3.8) is 0 Å². The lowest BCUT2D eigenvalue weighted by molar-refractivity contribution is -0.137. The topological polar surface area (TPSA) is 34.1 Å². The first-order valence-electron chi connectivity index (χ1n) is 9.68. The summed E-state index contributed by atoms with van der Waals surface area (Å²) in [6.45, 7) is 8.78. The average molecular weight is 326 g/mol. The molecule has 0 N–H and O–H groups in total. The molecule has 3 fully saturated rings. The maximum atomic E-state index is 12.5. The largest absolute Gasteiger partial charge is 0.299 e. The van der Waals surface area contributed by atoms with E-state index in [2.05, 4.69) is 26.8 Å². The van der Waals surface area contributed by atoms with Crippen molar-refractivity contribution in [1.29, 1.82) is 0 Å². The molecule has 5 unspecified atom stereocenters. The molecular formula is C22H30O2. The fraction of sp³-hybridized carbons (Fsp3) is 0.727. The first-order chi connectivity index (χ1) is 11.2. The second-order valence-corrected chi connectivity index (χ2v) is 9.49. The molecule has 0 aromatic carbocycles. The summed E-state index contributed by atoms with van der Waals surface area (Å²) >= 11 is 0. The van der Waals surface area contributed by atoms with Crippen LogP contribution < -0.4 is 0 Å². The highest BCUT2D eigenvalue weighted by molar-refractivity contribution is 6.01. The predicted octanol–water partition coefficient (Wildman–Crippen LogP) is 4.89. The molecule has 4 aliphatic carbocycles. The van der Waals surface area contributed by atoms with E-state index in [1.165, 1.54) is 24.8 Å². The number of ketones is 2. The van der Waals surface area contributed by atoms with Crippen molar-refractivity contribution < 1.29 is 9.59 Å². The van der Waals surface area contributed by atoms with Crippen LogP contribution in [0.5, 0.6) is 0 Å². The van der Waals surface area contributed by atoms with Gasteiger partial charge in [-0.1, -0.05) is 32.4 Å². The Bertz CT molecular complexity index is 671. The Morgan fingerprint density at radius 1 is 1.08 bits per heavy atom. The zero-order chi connectivity index (χ0) is 17.3. The van der Waals surface area contributed by atoms with Gasteiger partial charge in [0.15, 0.2) is 5.78 Å². The molecule has 3 saturated carbocycles. The van der Waals surface area contributed by atoms with Crippen LogP contribution in [0.1, 0.15) is 66.2 Å². The third-order valence-corrected chi connectivity index (χ3v) is 8.94. The fourth-order valence-electron chi connectivity index (χ4n) is 7.04. The van der Waals surface area contributed by atoms with E-state index in [-0.39, 0.29) is 22.0 Å². The molecule has 2 nitrogen and oxygen atoms in total. The van der Waals surface area contributed by atoms with Crippen LogP contribution in [-0.4, -0.2) is 11.6 Å². The molecule has 0 bridgehead atoms. The Morgan fingerprint density at radius 3 is 2.50 bits per heavy atom. The highest BCUT2D eigenvalue weighted by Gasteiger charge is 2.63. The van der Waals surface area contributed by atoms with E-state index in [1.807, 2.05) is 6.08 Å². The van der Waals surface area contributed by atoms with Gasteiger partial charge in [0, 0.05) is 10.8 Å². The summed E-state index contributed by atoms with van der Waals surface area (Å²) in [5.74, 6) is 2.54. The minimum atomic E-state index is -0.141. The summed E-state index contributed by atoms with van der Waals surface area (Å²) in [4.78, 5) is 24.3. The Hall–Kier alpha value is -1.18. The van der Waals surface area contributed by atoms with Gasteiger partial charge in [0.2, 0.25) is 0 Å². The van der Waals surface area contributed by atoms with Crippen LogP contribution in [0.15, 0.2) is 23.8 Å². The lowest BCUT2D eigenvalue weighted by Crippen LogP contribution is -2.52. The van der Waals surface area contributed by atoms with Crippen LogP contribution in [0, 0.1) is 34.0 Å². The van der Waals surface area contributed by atoms with Crippen molar-refractivity contribution in [1.82, 2.24) is 0 Å². The summed E-state index contributed by atoms with van der Waals surface area (Å²) < 4.78 is 0. The van der Waals surface area contributed by atoms with Gasteiger partial charge in [-0.15, -0.1) is 0 Å². The standard InChI is InChI=1S/C22H30O2/c1-14(23)21(3)11-9-19-17-6-5-15-13-16(24)7-10-20(15,2)18(17)8-12-22(19,21)4/h7,10,13,17-19H,5-6,8-9,11-12H2,1-4H3/t17?,18?,19?,20?,21-,22?/m1/s1. The van der Waals surface area contributed by atoms with E-state index in [9.17, 15) is 9.59 Å². The minimum absolute atomic E-state index is 0.0629. The number of hydrogen-bond donors (Lipinski definition) is 0. The molecule has 0 aliphatic heterocycles. The molecule has 24 heavy (non-hydrogen) atoms. The molecule has 4 aliphatic rings. The van der Waals surface area contributed by atoms with E-state index in [0.29, 0.717) is 23.5 Å². The number of rotatable bonds is 1. The van der Waals surface area contributed by atoms with Gasteiger partial charge in [-0.25, -0.2) is 0 Å². The summed E-state index contributed by atoms with van der Waals surface area (Å²) in [5, 5.41) is 0. The summed E-state index contributed by atoms with van der Waals surface area (Å²) in [6, 6.07) is 0. The second kappa shape index (κ2) is 4.93. The average Bonchev–Trinajstić information content (AvgIpc) is 2.81. The van der Waals surface area contributed by atoms with Gasteiger partial charge in [0.1, 0.15) is 5.78 Å². The van der Waals surface area contributed by atoms with Crippen molar-refractivity contribution in [3.05, 3.63) is 23.8 Å². The minimum Gasteiger partial charge on any atom is -0.299 e. The molecule has 0 spiro atoms. The van der Waals surface area contributed by atoms with Crippen molar-refractivity contribution in [2.24, 2.45) is 34.0 Å². The van der Waals surface area contributed by atoms with E-state index < -0.39 is 0 Å². The second-order valence-electron chi connectivity index (χ2n) is 9.49. The first-order valence-corrected chi connectivity index (χ1v) is 9.68. The molecule has 0 amide bonds. The van der Waals surface area contributed by atoms with Gasteiger partial charge in [-0.2, -0.15) is 0 Å². The van der Waals surface area contributed by atoms with Crippen LogP contribution in [0.3, 0.4) is 0 Å². The molecular weight excluding hydrogens is 296 g/mol. The predicted molar refractivity (Wildman–Crippen MR) is 95.4 cm³/mol. The SMILES string of the molecule is CC(=O)[C@@]1(C)CCC2C3CCC4=CC(=O)C=CC4(C)C3CCC21C. The molecule has 0 aromatic rings. The zero-order valence-corrected chi connectivity index (χ0v) is 15.5. The van der Waals surface area contributed by atoms with E-state index in [4.69, 9.17) is 0 Å². The van der Waals surface area contributed by atoms with Gasteiger partial charge >= 0.3 is 0 Å². The zero-order valence-electron chi connectivity index (χ0n) is 15.5. The number of Topliss-reactive ketones (excluding diaryl/α,β-unsaturated/α-hetero) is 1. The van der Waals surface area contributed by atoms with Crippen molar-refractivity contribution in [3.8, 4) is 0 Å². The van der Waals surface area contributed by atoms with E-state index >= 15 is 0 Å². The third-order valence-electron chi connectivity index (χ3n) is 8.94. The van der Waals surface area contributed by atoms with Gasteiger partial charge in [0.25, 0.3) is 0 Å². The smallest absolute Gasteiger partial charge is 0.178 e. The number of allylic oxidation sites excluding steroid dienone is 4. The fourth-order valence-corrected chi connectivity index (χ4v) is 7.04. The molecule has 0 radical (unpaired) electrons. The van der Waals surface area contributed by atoms with Crippen LogP contribution in [0.4, 0.5) is 0 Å².